The van der Waals surface area contributed by atoms with Crippen molar-refractivity contribution in [1.29, 1.82) is 0 Å². The summed E-state index contributed by atoms with van der Waals surface area (Å²) in [6.07, 6.45) is 8.15. The highest BCUT2D eigenvalue weighted by Crippen LogP contribution is 2.49. The van der Waals surface area contributed by atoms with Gasteiger partial charge in [0.2, 0.25) is 0 Å². The smallest absolute Gasteiger partial charge is 0.0159 e. The number of allylic oxidation sites excluding steroid dienone is 5. The zero-order valence-corrected chi connectivity index (χ0v) is 16.0. The van der Waals surface area contributed by atoms with Crippen LogP contribution in [-0.2, 0) is 5.41 Å². The van der Waals surface area contributed by atoms with E-state index < -0.39 is 0 Å². The van der Waals surface area contributed by atoms with Gasteiger partial charge in [0, 0.05) is 8.99 Å². The molecule has 0 atom stereocenters. The average molecular weight is 412 g/mol. The van der Waals surface area contributed by atoms with Gasteiger partial charge in [-0.3, -0.25) is 0 Å². The van der Waals surface area contributed by atoms with Gasteiger partial charge in [-0.2, -0.15) is 0 Å². The third-order valence-corrected chi connectivity index (χ3v) is 5.33. The molecule has 23 heavy (non-hydrogen) atoms. The molecule has 0 aromatic heterocycles. The highest BCUT2D eigenvalue weighted by Gasteiger charge is 2.35. The molecule has 0 heterocycles. The van der Waals surface area contributed by atoms with E-state index in [1.807, 2.05) is 19.1 Å². The molecule has 0 spiro atoms. The predicted molar refractivity (Wildman–Crippen MR) is 110 cm³/mol. The summed E-state index contributed by atoms with van der Waals surface area (Å²) in [5.74, 6) is 0. The van der Waals surface area contributed by atoms with Crippen LogP contribution in [0.5, 0.6) is 0 Å². The summed E-state index contributed by atoms with van der Waals surface area (Å²) < 4.78 is 1.29. The molecular weight excluding hydrogens is 391 g/mol. The first-order valence-corrected chi connectivity index (χ1v) is 8.97. The molecule has 0 nitrogen and oxygen atoms in total. The van der Waals surface area contributed by atoms with E-state index in [2.05, 4.69) is 91.6 Å². The summed E-state index contributed by atoms with van der Waals surface area (Å²) in [5.41, 5.74) is 7.98. The Kier molecular flexibility index (Phi) is 4.33. The van der Waals surface area contributed by atoms with E-state index in [0.717, 1.165) is 5.57 Å². The summed E-state index contributed by atoms with van der Waals surface area (Å²) in [4.78, 5) is 0. The Balaban J connectivity index is 2.18. The minimum atomic E-state index is 0.0364. The second kappa shape index (κ2) is 6.12. The standard InChI is InChI=1S/C22H21I/c1-5-7-8-15(6-2)16-9-11-18-19-12-10-17(23)14-21(19)22(3,4)20(18)13-16/h5-14H,2H2,1,3-4H3/b7-5-,15-8+. The molecular formula is C22H21I. The van der Waals surface area contributed by atoms with Crippen molar-refractivity contribution >= 4 is 28.2 Å². The molecule has 3 rings (SSSR count). The van der Waals surface area contributed by atoms with Gasteiger partial charge in [0.05, 0.1) is 0 Å². The maximum Gasteiger partial charge on any atom is 0.0159 e. The van der Waals surface area contributed by atoms with Crippen molar-refractivity contribution in [1.82, 2.24) is 0 Å². The number of hydrogen-bond acceptors (Lipinski definition) is 0. The second-order valence-electron chi connectivity index (χ2n) is 6.43. The number of hydrogen-bond donors (Lipinski definition) is 0. The Hall–Kier alpha value is -1.61. The summed E-state index contributed by atoms with van der Waals surface area (Å²) in [6, 6.07) is 13.6. The molecule has 0 saturated carbocycles. The van der Waals surface area contributed by atoms with Gasteiger partial charge in [-0.1, -0.05) is 62.9 Å². The van der Waals surface area contributed by atoms with Gasteiger partial charge in [-0.05, 0) is 81.1 Å². The topological polar surface area (TPSA) is 0 Å². The van der Waals surface area contributed by atoms with Gasteiger partial charge in [-0.25, -0.2) is 0 Å². The largest absolute Gasteiger partial charge is 0.0984 e. The zero-order chi connectivity index (χ0) is 16.6. The van der Waals surface area contributed by atoms with Gasteiger partial charge in [0.15, 0.2) is 0 Å². The van der Waals surface area contributed by atoms with Crippen LogP contribution in [0.15, 0.2) is 67.3 Å². The number of halogens is 1. The maximum atomic E-state index is 3.97. The Morgan fingerprint density at radius 1 is 1.04 bits per heavy atom. The Bertz CT molecular complexity index is 835. The quantitative estimate of drug-likeness (QED) is 0.387. The van der Waals surface area contributed by atoms with Crippen molar-refractivity contribution in [3.05, 3.63) is 87.5 Å². The molecule has 0 saturated heterocycles. The first kappa shape index (κ1) is 16.3. The Morgan fingerprint density at radius 2 is 1.70 bits per heavy atom. The van der Waals surface area contributed by atoms with Gasteiger partial charge < -0.3 is 0 Å². The van der Waals surface area contributed by atoms with Crippen LogP contribution in [0.3, 0.4) is 0 Å². The normalized spacial score (nSPS) is 15.6. The number of benzene rings is 2. The van der Waals surface area contributed by atoms with Gasteiger partial charge in [0.25, 0.3) is 0 Å². The fourth-order valence-electron chi connectivity index (χ4n) is 3.37. The van der Waals surface area contributed by atoms with Crippen LogP contribution in [0.1, 0.15) is 37.5 Å². The van der Waals surface area contributed by atoms with E-state index in [-0.39, 0.29) is 5.41 Å². The highest BCUT2D eigenvalue weighted by atomic mass is 127. The van der Waals surface area contributed by atoms with E-state index in [9.17, 15) is 0 Å². The summed E-state index contributed by atoms with van der Waals surface area (Å²) >= 11 is 2.40. The van der Waals surface area contributed by atoms with Crippen LogP contribution in [0, 0.1) is 3.57 Å². The molecule has 0 bridgehead atoms. The molecule has 1 aliphatic rings. The molecule has 116 valence electrons. The van der Waals surface area contributed by atoms with E-state index >= 15 is 0 Å². The lowest BCUT2D eigenvalue weighted by molar-refractivity contribution is 0.659. The summed E-state index contributed by atoms with van der Waals surface area (Å²) in [6.45, 7) is 10.6. The molecule has 0 amide bonds. The summed E-state index contributed by atoms with van der Waals surface area (Å²) in [7, 11) is 0. The molecule has 0 N–H and O–H groups in total. The van der Waals surface area contributed by atoms with E-state index in [1.165, 1.54) is 31.4 Å². The van der Waals surface area contributed by atoms with E-state index in [1.54, 1.807) is 0 Å². The third kappa shape index (κ3) is 2.72. The minimum Gasteiger partial charge on any atom is -0.0984 e. The third-order valence-electron chi connectivity index (χ3n) is 4.66. The zero-order valence-electron chi connectivity index (χ0n) is 13.9. The van der Waals surface area contributed by atoms with Crippen molar-refractivity contribution in [3.8, 4) is 11.1 Å². The number of rotatable bonds is 3. The van der Waals surface area contributed by atoms with E-state index in [4.69, 9.17) is 0 Å². The monoisotopic (exact) mass is 412 g/mol. The SMILES string of the molecule is C=C/C(=C\C=C/C)c1ccc2c(c1)C(C)(C)c1cc(I)ccc1-2. The first-order chi connectivity index (χ1) is 11.0. The van der Waals surface area contributed by atoms with Crippen molar-refractivity contribution in [3.63, 3.8) is 0 Å². The lowest BCUT2D eigenvalue weighted by atomic mass is 9.81. The number of fused-ring (bicyclic) bond motifs is 3. The molecule has 1 aliphatic carbocycles. The fourth-order valence-corrected chi connectivity index (χ4v) is 3.86. The average Bonchev–Trinajstić information content (AvgIpc) is 2.76. The molecule has 0 unspecified atom stereocenters. The van der Waals surface area contributed by atoms with Crippen LogP contribution in [0.4, 0.5) is 0 Å². The second-order valence-corrected chi connectivity index (χ2v) is 7.67. The van der Waals surface area contributed by atoms with Crippen LogP contribution >= 0.6 is 22.6 Å². The lowest BCUT2D eigenvalue weighted by Gasteiger charge is -2.22. The van der Waals surface area contributed by atoms with Crippen LogP contribution in [0.2, 0.25) is 0 Å². The summed E-state index contributed by atoms with van der Waals surface area (Å²) in [5, 5.41) is 0. The van der Waals surface area contributed by atoms with Crippen LogP contribution in [0.25, 0.3) is 16.7 Å². The molecule has 0 fully saturated rings. The molecule has 2 aromatic carbocycles. The van der Waals surface area contributed by atoms with Gasteiger partial charge in [0.1, 0.15) is 0 Å². The van der Waals surface area contributed by atoms with Gasteiger partial charge in [-0.15, -0.1) is 0 Å². The predicted octanol–water partition coefficient (Wildman–Crippen LogP) is 6.74. The first-order valence-electron chi connectivity index (χ1n) is 7.89. The van der Waals surface area contributed by atoms with Crippen LogP contribution in [-0.4, -0.2) is 0 Å². The van der Waals surface area contributed by atoms with Crippen molar-refractivity contribution in [2.24, 2.45) is 0 Å². The Labute approximate surface area is 152 Å². The van der Waals surface area contributed by atoms with Gasteiger partial charge >= 0.3 is 0 Å². The molecule has 1 heteroatoms. The minimum absolute atomic E-state index is 0.0364. The molecule has 0 radical (unpaired) electrons. The van der Waals surface area contributed by atoms with Crippen molar-refractivity contribution in [2.75, 3.05) is 0 Å². The fraction of sp³-hybridized carbons (Fsp3) is 0.182. The van der Waals surface area contributed by atoms with Crippen molar-refractivity contribution in [2.45, 2.75) is 26.2 Å². The lowest BCUT2D eigenvalue weighted by Crippen LogP contribution is -2.15. The van der Waals surface area contributed by atoms with Crippen LogP contribution < -0.4 is 0 Å². The Morgan fingerprint density at radius 3 is 2.35 bits per heavy atom. The maximum absolute atomic E-state index is 3.97. The van der Waals surface area contributed by atoms with Crippen molar-refractivity contribution < 1.29 is 0 Å². The highest BCUT2D eigenvalue weighted by molar-refractivity contribution is 14.1. The molecule has 0 aliphatic heterocycles. The van der Waals surface area contributed by atoms with E-state index in [0.29, 0.717) is 0 Å². The molecule has 2 aromatic rings.